The molecule has 2 rings (SSSR count). The molecule has 0 bridgehead atoms. The molecule has 0 amide bonds. The third-order valence-electron chi connectivity index (χ3n) is 3.35. The molecule has 0 aliphatic carbocycles. The van der Waals surface area contributed by atoms with Crippen molar-refractivity contribution < 1.29 is 27.7 Å². The molecule has 0 unspecified atom stereocenters. The molecule has 0 spiro atoms. The fourth-order valence-corrected chi connectivity index (χ4v) is 2.29. The first kappa shape index (κ1) is 10.4. The summed E-state index contributed by atoms with van der Waals surface area (Å²) >= 11 is 0. The van der Waals surface area contributed by atoms with E-state index in [2.05, 4.69) is 4.98 Å². The van der Waals surface area contributed by atoms with E-state index in [1.165, 1.54) is 0 Å². The summed E-state index contributed by atoms with van der Waals surface area (Å²) in [5.41, 5.74) is 1.25. The molecular formula is C17H22N2O4. The molecule has 0 aliphatic rings. The molecular weight excluding hydrogens is 296 g/mol. The second-order valence-corrected chi connectivity index (χ2v) is 5.12. The number of nitrogens with zero attached hydrogens (tertiary/aromatic N) is 1. The minimum absolute atomic E-state index is 0.0612. The Hall–Kier alpha value is -2.34. The van der Waals surface area contributed by atoms with Gasteiger partial charge in [-0.25, -0.2) is 0 Å². The van der Waals surface area contributed by atoms with E-state index < -0.39 is 25.9 Å². The zero-order valence-corrected chi connectivity index (χ0v) is 12.5. The van der Waals surface area contributed by atoms with E-state index in [1.807, 2.05) is 0 Å². The molecule has 6 heteroatoms. The van der Waals surface area contributed by atoms with Crippen molar-refractivity contribution in [1.82, 2.24) is 9.88 Å². The second-order valence-electron chi connectivity index (χ2n) is 5.12. The van der Waals surface area contributed by atoms with E-state index in [4.69, 9.17) is 18.1 Å². The number of aromatic amines is 1. The van der Waals surface area contributed by atoms with Crippen LogP contribution in [0.15, 0.2) is 24.4 Å². The van der Waals surface area contributed by atoms with Crippen molar-refractivity contribution in [2.45, 2.75) is 25.7 Å². The van der Waals surface area contributed by atoms with E-state index in [9.17, 15) is 9.59 Å². The van der Waals surface area contributed by atoms with Crippen molar-refractivity contribution in [3.63, 3.8) is 0 Å². The van der Waals surface area contributed by atoms with Gasteiger partial charge in [-0.3, -0.25) is 9.59 Å². The summed E-state index contributed by atoms with van der Waals surface area (Å²) in [6.07, 6.45) is 1.66. The molecule has 0 radical (unpaired) electrons. The zero-order chi connectivity index (χ0) is 21.8. The number of hydrogen-bond acceptors (Lipinski definition) is 4. The first-order chi connectivity index (χ1) is 13.4. The van der Waals surface area contributed by atoms with E-state index in [0.717, 1.165) is 0 Å². The Kier molecular flexibility index (Phi) is 3.53. The molecule has 0 saturated heterocycles. The predicted molar refractivity (Wildman–Crippen MR) is 87.7 cm³/mol. The highest BCUT2D eigenvalue weighted by Crippen LogP contribution is 2.29. The van der Waals surface area contributed by atoms with Crippen LogP contribution in [-0.2, 0) is 16.0 Å². The van der Waals surface area contributed by atoms with Crippen LogP contribution in [0.5, 0.6) is 5.75 Å². The van der Waals surface area contributed by atoms with Crippen LogP contribution in [0, 0.1) is 0 Å². The molecule has 1 aromatic carbocycles. The number of rotatable bonds is 8. The summed E-state index contributed by atoms with van der Waals surface area (Å²) in [4.78, 5) is 26.0. The Balaban J connectivity index is 2.19. The highest BCUT2D eigenvalue weighted by molar-refractivity contribution is 5.91. The third-order valence-corrected chi connectivity index (χ3v) is 3.35. The molecule has 0 fully saturated rings. The quantitative estimate of drug-likeness (QED) is 0.575. The van der Waals surface area contributed by atoms with Crippen LogP contribution in [0.25, 0.3) is 10.9 Å². The van der Waals surface area contributed by atoms with Gasteiger partial charge in [-0.15, -0.1) is 0 Å². The number of carbonyl (C=O) groups is 2. The number of esters is 1. The van der Waals surface area contributed by atoms with Gasteiger partial charge in [0.05, 0.1) is 0 Å². The van der Waals surface area contributed by atoms with Gasteiger partial charge in [0, 0.05) is 44.7 Å². The first-order valence-corrected chi connectivity index (χ1v) is 7.19. The standard InChI is InChI=1S/C17H22N2O4/c1-19(2)10-9-12-11-18-13-5-3-6-14(17(12)13)23-16(22)8-4-7-15(20)21/h3,5-6,11,18H,4,7-10H2,1-2H3,(H,20,21)/i1D3,2D3. The maximum Gasteiger partial charge on any atom is 0.311 e. The number of nitrogens with one attached hydrogen (secondary N) is 1. The molecule has 1 heterocycles. The number of fused-ring (bicyclic) bond motifs is 1. The number of carbonyl (C=O) groups excluding carboxylic acids is 1. The number of benzene rings is 1. The molecule has 23 heavy (non-hydrogen) atoms. The van der Waals surface area contributed by atoms with Crippen LogP contribution < -0.4 is 4.74 Å². The predicted octanol–water partition coefficient (Wildman–Crippen LogP) is 2.43. The van der Waals surface area contributed by atoms with Gasteiger partial charge in [-0.05, 0) is 44.5 Å². The highest BCUT2D eigenvalue weighted by atomic mass is 16.5. The van der Waals surface area contributed by atoms with Crippen LogP contribution in [0.4, 0.5) is 0 Å². The van der Waals surface area contributed by atoms with E-state index >= 15 is 0 Å². The minimum Gasteiger partial charge on any atom is -0.481 e. The van der Waals surface area contributed by atoms with Crippen LogP contribution in [-0.4, -0.2) is 47.4 Å². The van der Waals surface area contributed by atoms with Crippen LogP contribution in [0.3, 0.4) is 0 Å². The highest BCUT2D eigenvalue weighted by Gasteiger charge is 2.13. The number of aliphatic carboxylic acids is 1. The summed E-state index contributed by atoms with van der Waals surface area (Å²) < 4.78 is 50.0. The van der Waals surface area contributed by atoms with Crippen LogP contribution >= 0.6 is 0 Å². The molecule has 6 nitrogen and oxygen atoms in total. The van der Waals surface area contributed by atoms with Gasteiger partial charge in [-0.2, -0.15) is 0 Å². The Bertz CT molecular complexity index is 861. The average Bonchev–Trinajstić information content (AvgIpc) is 2.96. The number of likely N-dealkylation sites (N-methyl/N-ethyl adjacent to an activating group) is 1. The maximum atomic E-state index is 12.0. The summed E-state index contributed by atoms with van der Waals surface area (Å²) in [6, 6.07) is 4.98. The Labute approximate surface area is 143 Å². The van der Waals surface area contributed by atoms with Crippen molar-refractivity contribution in [3.05, 3.63) is 30.0 Å². The van der Waals surface area contributed by atoms with Crippen molar-refractivity contribution in [2.24, 2.45) is 0 Å². The SMILES string of the molecule is [2H]C([2H])([2H])N(CCc1c[nH]c2cccc(OC(=O)CCCC(=O)O)c12)C([2H])([2H])[2H]. The van der Waals surface area contributed by atoms with Crippen molar-refractivity contribution in [3.8, 4) is 5.75 Å². The first-order valence-electron chi connectivity index (χ1n) is 10.2. The summed E-state index contributed by atoms with van der Waals surface area (Å²) in [5, 5.41) is 9.20. The van der Waals surface area contributed by atoms with Crippen molar-refractivity contribution in [2.75, 3.05) is 20.5 Å². The molecule has 0 aliphatic heterocycles. The van der Waals surface area contributed by atoms with Crippen molar-refractivity contribution in [1.29, 1.82) is 0 Å². The smallest absolute Gasteiger partial charge is 0.311 e. The van der Waals surface area contributed by atoms with E-state index in [1.54, 1.807) is 24.4 Å². The second kappa shape index (κ2) is 7.78. The number of carboxylic acid groups (broad SMARTS) is 1. The summed E-state index contributed by atoms with van der Waals surface area (Å²) in [6.45, 7) is -5.81. The topological polar surface area (TPSA) is 82.6 Å². The molecule has 0 saturated carbocycles. The lowest BCUT2D eigenvalue weighted by Crippen LogP contribution is -2.15. The van der Waals surface area contributed by atoms with Gasteiger partial charge in [0.15, 0.2) is 0 Å². The Morgan fingerprint density at radius 1 is 1.35 bits per heavy atom. The lowest BCUT2D eigenvalue weighted by Gasteiger charge is -2.10. The molecule has 2 aromatic rings. The Morgan fingerprint density at radius 3 is 2.91 bits per heavy atom. The van der Waals surface area contributed by atoms with Gasteiger partial charge in [0.25, 0.3) is 0 Å². The van der Waals surface area contributed by atoms with Gasteiger partial charge in [-0.1, -0.05) is 6.07 Å². The molecule has 124 valence electrons. The zero-order valence-electron chi connectivity index (χ0n) is 18.5. The summed E-state index contributed by atoms with van der Waals surface area (Å²) in [5.74, 6) is -1.34. The molecule has 2 N–H and O–H groups in total. The number of hydrogen-bond donors (Lipinski definition) is 2. The third kappa shape index (κ3) is 4.82. The molecule has 1 aromatic heterocycles. The fraction of sp³-hybridized carbons (Fsp3) is 0.412. The normalized spacial score (nSPS) is 16.0. The monoisotopic (exact) mass is 324 g/mol. The van der Waals surface area contributed by atoms with Crippen molar-refractivity contribution >= 4 is 22.8 Å². The molecule has 0 atom stereocenters. The van der Waals surface area contributed by atoms with Gasteiger partial charge < -0.3 is 19.7 Å². The van der Waals surface area contributed by atoms with Crippen LogP contribution in [0.2, 0.25) is 0 Å². The number of carboxylic acids is 1. The van der Waals surface area contributed by atoms with E-state index in [-0.39, 0.29) is 38.0 Å². The lowest BCUT2D eigenvalue weighted by atomic mass is 10.1. The number of ether oxygens (including phenoxy) is 1. The van der Waals surface area contributed by atoms with Gasteiger partial charge in [0.2, 0.25) is 0 Å². The van der Waals surface area contributed by atoms with Gasteiger partial charge in [0.1, 0.15) is 5.75 Å². The average molecular weight is 324 g/mol. The van der Waals surface area contributed by atoms with Crippen LogP contribution in [0.1, 0.15) is 33.1 Å². The largest absolute Gasteiger partial charge is 0.481 e. The van der Waals surface area contributed by atoms with E-state index in [0.29, 0.717) is 21.4 Å². The lowest BCUT2D eigenvalue weighted by molar-refractivity contribution is -0.137. The summed E-state index contributed by atoms with van der Waals surface area (Å²) in [7, 11) is 0. The fourth-order valence-electron chi connectivity index (χ4n) is 2.29. The number of H-pyrrole nitrogens is 1. The van der Waals surface area contributed by atoms with Gasteiger partial charge >= 0.3 is 11.9 Å². The minimum atomic E-state index is -2.78. The maximum absolute atomic E-state index is 12.0. The number of aromatic nitrogens is 1. The Morgan fingerprint density at radius 2 is 2.17 bits per heavy atom.